The minimum Gasteiger partial charge on any atom is -0.437 e. The van der Waals surface area contributed by atoms with E-state index in [1.54, 1.807) is 6.82 Å². The predicted octanol–water partition coefficient (Wildman–Crippen LogP) is 0.00760. The number of hydrogen-bond acceptors (Lipinski definition) is 3. The van der Waals surface area contributed by atoms with Crippen molar-refractivity contribution in [2.45, 2.75) is 19.7 Å². The SMILES string of the molecule is CB(O)N1C[C@H]2CC(=O)C[C@H]2C1. The summed E-state index contributed by atoms with van der Waals surface area (Å²) in [5.74, 6) is 1.48. The average molecular weight is 167 g/mol. The van der Waals surface area contributed by atoms with Gasteiger partial charge in [0, 0.05) is 12.8 Å². The maximum atomic E-state index is 11.1. The quantitative estimate of drug-likeness (QED) is 0.559. The summed E-state index contributed by atoms with van der Waals surface area (Å²) in [6.07, 6.45) is 1.49. The monoisotopic (exact) mass is 167 g/mol. The second-order valence-electron chi connectivity index (χ2n) is 4.05. The number of carbonyl (C=O) groups is 1. The van der Waals surface area contributed by atoms with Crippen LogP contribution in [0.1, 0.15) is 12.8 Å². The lowest BCUT2D eigenvalue weighted by molar-refractivity contribution is -0.117. The molecule has 0 aromatic heterocycles. The lowest BCUT2D eigenvalue weighted by Crippen LogP contribution is -2.35. The van der Waals surface area contributed by atoms with E-state index < -0.39 is 0 Å². The highest BCUT2D eigenvalue weighted by Gasteiger charge is 2.41. The normalized spacial score (nSPS) is 35.7. The molecular weight excluding hydrogens is 153 g/mol. The number of carbonyl (C=O) groups excluding carboxylic acids is 1. The first kappa shape index (κ1) is 8.26. The van der Waals surface area contributed by atoms with Gasteiger partial charge in [0.2, 0.25) is 0 Å². The van der Waals surface area contributed by atoms with Crippen molar-refractivity contribution in [1.82, 2.24) is 4.81 Å². The summed E-state index contributed by atoms with van der Waals surface area (Å²) in [5, 5.41) is 9.31. The summed E-state index contributed by atoms with van der Waals surface area (Å²) in [5.41, 5.74) is 0. The standard InChI is InChI=1S/C8H14BNO2/c1-9(12)10-4-6-2-8(11)3-7(6)5-10/h6-7,12H,2-5H2,1H3/t6-,7+. The number of fused-ring (bicyclic) bond motifs is 1. The summed E-state index contributed by atoms with van der Waals surface area (Å²) in [6.45, 7) is 3.62. The zero-order chi connectivity index (χ0) is 8.72. The van der Waals surface area contributed by atoms with Crippen LogP contribution in [0.15, 0.2) is 0 Å². The molecule has 1 saturated heterocycles. The molecule has 0 unspecified atom stereocenters. The Balaban J connectivity index is 1.97. The van der Waals surface area contributed by atoms with E-state index in [4.69, 9.17) is 0 Å². The molecule has 2 atom stereocenters. The van der Waals surface area contributed by atoms with Crippen LogP contribution in [-0.2, 0) is 4.79 Å². The van der Waals surface area contributed by atoms with Gasteiger partial charge in [0.25, 0.3) is 0 Å². The van der Waals surface area contributed by atoms with Gasteiger partial charge >= 0.3 is 7.05 Å². The lowest BCUT2D eigenvalue weighted by atomic mass is 9.85. The average Bonchev–Trinajstić information content (AvgIpc) is 2.42. The van der Waals surface area contributed by atoms with E-state index in [0.717, 1.165) is 25.9 Å². The molecule has 1 heterocycles. The third kappa shape index (κ3) is 1.29. The van der Waals surface area contributed by atoms with Gasteiger partial charge in [0.05, 0.1) is 0 Å². The first-order valence-corrected chi connectivity index (χ1v) is 4.60. The molecule has 0 bridgehead atoms. The predicted molar refractivity (Wildman–Crippen MR) is 46.6 cm³/mol. The van der Waals surface area contributed by atoms with Gasteiger partial charge in [-0.2, -0.15) is 0 Å². The maximum Gasteiger partial charge on any atom is 0.376 e. The topological polar surface area (TPSA) is 40.5 Å². The molecule has 2 rings (SSSR count). The van der Waals surface area contributed by atoms with Crippen molar-refractivity contribution in [1.29, 1.82) is 0 Å². The molecule has 1 aliphatic carbocycles. The van der Waals surface area contributed by atoms with Gasteiger partial charge in [-0.1, -0.05) is 0 Å². The van der Waals surface area contributed by atoms with Crippen molar-refractivity contribution in [3.63, 3.8) is 0 Å². The van der Waals surface area contributed by atoms with Gasteiger partial charge in [-0.3, -0.25) is 4.79 Å². The Bertz CT molecular complexity index is 191. The molecule has 2 fully saturated rings. The second kappa shape index (κ2) is 2.85. The van der Waals surface area contributed by atoms with E-state index >= 15 is 0 Å². The van der Waals surface area contributed by atoms with E-state index in [-0.39, 0.29) is 7.05 Å². The first-order valence-electron chi connectivity index (χ1n) is 4.60. The molecular formula is C8H14BNO2. The van der Waals surface area contributed by atoms with Crippen molar-refractivity contribution in [2.75, 3.05) is 13.1 Å². The van der Waals surface area contributed by atoms with E-state index in [9.17, 15) is 9.82 Å². The van der Waals surface area contributed by atoms with E-state index in [2.05, 4.69) is 4.81 Å². The van der Waals surface area contributed by atoms with Gasteiger partial charge in [0.15, 0.2) is 0 Å². The molecule has 1 saturated carbocycles. The fourth-order valence-electron chi connectivity index (χ4n) is 2.41. The number of hydrogen-bond donors (Lipinski definition) is 1. The molecule has 1 aliphatic heterocycles. The molecule has 0 aromatic rings. The summed E-state index contributed by atoms with van der Waals surface area (Å²) in [6, 6.07) is 0. The molecule has 0 aromatic carbocycles. The summed E-state index contributed by atoms with van der Waals surface area (Å²) in [7, 11) is -0.342. The van der Waals surface area contributed by atoms with Crippen LogP contribution in [0.3, 0.4) is 0 Å². The Hall–Kier alpha value is -0.345. The summed E-state index contributed by atoms with van der Waals surface area (Å²) in [4.78, 5) is 13.1. The molecule has 0 spiro atoms. The minimum atomic E-state index is -0.342. The zero-order valence-corrected chi connectivity index (χ0v) is 7.36. The van der Waals surface area contributed by atoms with Gasteiger partial charge in [0.1, 0.15) is 5.78 Å². The van der Waals surface area contributed by atoms with Gasteiger partial charge in [-0.15, -0.1) is 0 Å². The van der Waals surface area contributed by atoms with Gasteiger partial charge in [-0.05, 0) is 31.7 Å². The molecule has 12 heavy (non-hydrogen) atoms. The second-order valence-corrected chi connectivity index (χ2v) is 4.05. The van der Waals surface area contributed by atoms with Crippen LogP contribution in [0.4, 0.5) is 0 Å². The van der Waals surface area contributed by atoms with Crippen molar-refractivity contribution >= 4 is 12.8 Å². The number of Topliss-reactive ketones (excluding diaryl/α,β-unsaturated/α-hetero) is 1. The lowest BCUT2D eigenvalue weighted by Gasteiger charge is -2.16. The molecule has 2 aliphatic rings. The van der Waals surface area contributed by atoms with E-state index in [1.807, 2.05) is 0 Å². The van der Waals surface area contributed by atoms with Crippen LogP contribution >= 0.6 is 0 Å². The van der Waals surface area contributed by atoms with Crippen molar-refractivity contribution in [3.05, 3.63) is 0 Å². The first-order chi connectivity index (χ1) is 5.66. The molecule has 4 heteroatoms. The zero-order valence-electron chi connectivity index (χ0n) is 7.36. The van der Waals surface area contributed by atoms with E-state index in [1.165, 1.54) is 0 Å². The Kier molecular flexibility index (Phi) is 1.97. The molecule has 66 valence electrons. The van der Waals surface area contributed by atoms with Crippen LogP contribution in [-0.4, -0.2) is 35.8 Å². The number of ketones is 1. The Labute approximate surface area is 72.9 Å². The van der Waals surface area contributed by atoms with Gasteiger partial charge < -0.3 is 9.83 Å². The van der Waals surface area contributed by atoms with Crippen LogP contribution in [0, 0.1) is 11.8 Å². The highest BCUT2D eigenvalue weighted by atomic mass is 16.2. The van der Waals surface area contributed by atoms with Crippen LogP contribution in [0.25, 0.3) is 0 Å². The van der Waals surface area contributed by atoms with Gasteiger partial charge in [-0.25, -0.2) is 0 Å². The van der Waals surface area contributed by atoms with Crippen molar-refractivity contribution in [2.24, 2.45) is 11.8 Å². The Morgan fingerprint density at radius 2 is 1.92 bits per heavy atom. The van der Waals surface area contributed by atoms with Crippen molar-refractivity contribution < 1.29 is 9.82 Å². The highest BCUT2D eigenvalue weighted by Crippen LogP contribution is 2.35. The minimum absolute atomic E-state index is 0.342. The van der Waals surface area contributed by atoms with Crippen LogP contribution in [0.5, 0.6) is 0 Å². The fourth-order valence-corrected chi connectivity index (χ4v) is 2.41. The summed E-state index contributed by atoms with van der Waals surface area (Å²) < 4.78 is 0. The molecule has 0 radical (unpaired) electrons. The highest BCUT2D eigenvalue weighted by molar-refractivity contribution is 6.45. The van der Waals surface area contributed by atoms with E-state index in [0.29, 0.717) is 17.6 Å². The number of nitrogens with zero attached hydrogens (tertiary/aromatic N) is 1. The number of rotatable bonds is 1. The molecule has 0 amide bonds. The Morgan fingerprint density at radius 1 is 1.42 bits per heavy atom. The maximum absolute atomic E-state index is 11.1. The third-order valence-corrected chi connectivity index (χ3v) is 3.11. The smallest absolute Gasteiger partial charge is 0.376 e. The molecule has 3 nitrogen and oxygen atoms in total. The summed E-state index contributed by atoms with van der Waals surface area (Å²) >= 11 is 0. The fraction of sp³-hybridized carbons (Fsp3) is 0.875. The van der Waals surface area contributed by atoms with Crippen LogP contribution in [0.2, 0.25) is 6.82 Å². The largest absolute Gasteiger partial charge is 0.437 e. The van der Waals surface area contributed by atoms with Crippen molar-refractivity contribution in [3.8, 4) is 0 Å². The van der Waals surface area contributed by atoms with Crippen LogP contribution < -0.4 is 0 Å². The molecule has 1 N–H and O–H groups in total. The Morgan fingerprint density at radius 3 is 2.33 bits per heavy atom. The third-order valence-electron chi connectivity index (χ3n) is 3.11.